The summed E-state index contributed by atoms with van der Waals surface area (Å²) < 4.78 is 1.55. The highest BCUT2D eigenvalue weighted by atomic mass is 35.5. The maximum Gasteiger partial charge on any atom is 0.290 e. The lowest BCUT2D eigenvalue weighted by Gasteiger charge is -2.07. The predicted molar refractivity (Wildman–Crippen MR) is 73.4 cm³/mol. The van der Waals surface area contributed by atoms with E-state index in [0.29, 0.717) is 15.7 Å². The van der Waals surface area contributed by atoms with Crippen LogP contribution >= 0.6 is 23.2 Å². The number of rotatable bonds is 3. The van der Waals surface area contributed by atoms with Crippen LogP contribution in [0.3, 0.4) is 0 Å². The molecule has 0 unspecified atom stereocenters. The van der Waals surface area contributed by atoms with Crippen LogP contribution in [0.2, 0.25) is 10.0 Å². The van der Waals surface area contributed by atoms with Crippen molar-refractivity contribution in [3.8, 4) is 5.75 Å². The van der Waals surface area contributed by atoms with E-state index in [9.17, 15) is 9.90 Å². The number of hydrogen-bond acceptors (Lipinski definition) is 2. The zero-order chi connectivity index (χ0) is 13.8. The van der Waals surface area contributed by atoms with E-state index in [1.54, 1.807) is 35.0 Å². The van der Waals surface area contributed by atoms with E-state index in [1.165, 1.54) is 12.3 Å². The lowest BCUT2D eigenvalue weighted by atomic mass is 10.3. The van der Waals surface area contributed by atoms with E-state index in [4.69, 9.17) is 23.2 Å². The molecule has 0 aliphatic carbocycles. The molecule has 6 heteroatoms. The summed E-state index contributed by atoms with van der Waals surface area (Å²) in [5, 5.41) is 12.7. The van der Waals surface area contributed by atoms with Gasteiger partial charge in [-0.2, -0.15) is 4.57 Å². The van der Waals surface area contributed by atoms with E-state index in [-0.39, 0.29) is 18.2 Å². The SMILES string of the molecule is O=C(C[n+]1cccc(O)c1)Nc1c(Cl)cccc1Cl. The van der Waals surface area contributed by atoms with Gasteiger partial charge in [0.25, 0.3) is 5.91 Å². The Labute approximate surface area is 120 Å². The van der Waals surface area contributed by atoms with Crippen molar-refractivity contribution >= 4 is 34.8 Å². The molecule has 0 aliphatic heterocycles. The highest BCUT2D eigenvalue weighted by Gasteiger charge is 2.13. The number of carbonyl (C=O) groups excluding carboxylic acids is 1. The smallest absolute Gasteiger partial charge is 0.290 e. The molecule has 0 atom stereocenters. The van der Waals surface area contributed by atoms with Gasteiger partial charge >= 0.3 is 0 Å². The van der Waals surface area contributed by atoms with Crippen molar-refractivity contribution in [3.63, 3.8) is 0 Å². The van der Waals surface area contributed by atoms with Crippen molar-refractivity contribution in [2.75, 3.05) is 5.32 Å². The lowest BCUT2D eigenvalue weighted by Crippen LogP contribution is -2.39. The molecule has 2 rings (SSSR count). The van der Waals surface area contributed by atoms with Gasteiger partial charge in [-0.3, -0.25) is 4.79 Å². The van der Waals surface area contributed by atoms with Gasteiger partial charge in [0.05, 0.1) is 15.7 Å². The summed E-state index contributed by atoms with van der Waals surface area (Å²) >= 11 is 11.9. The van der Waals surface area contributed by atoms with Gasteiger partial charge in [-0.05, 0) is 18.2 Å². The number of amides is 1. The standard InChI is InChI=1S/C13H10Cl2N2O2/c14-10-4-1-5-11(15)13(10)16-12(19)8-17-6-2-3-9(18)7-17/h1-7H,8H2,(H-,16,18,19)/p+1. The number of aromatic hydroxyl groups is 1. The van der Waals surface area contributed by atoms with Gasteiger partial charge in [-0.15, -0.1) is 0 Å². The van der Waals surface area contributed by atoms with Gasteiger partial charge in [0.2, 0.25) is 12.7 Å². The number of anilines is 1. The quantitative estimate of drug-likeness (QED) is 0.856. The molecule has 0 spiro atoms. The van der Waals surface area contributed by atoms with Crippen LogP contribution in [0.4, 0.5) is 5.69 Å². The zero-order valence-electron chi connectivity index (χ0n) is 9.81. The van der Waals surface area contributed by atoms with Crippen molar-refractivity contribution < 1.29 is 14.5 Å². The zero-order valence-corrected chi connectivity index (χ0v) is 11.3. The van der Waals surface area contributed by atoms with Crippen LogP contribution in [0.25, 0.3) is 0 Å². The van der Waals surface area contributed by atoms with Crippen LogP contribution in [0.5, 0.6) is 5.75 Å². The van der Waals surface area contributed by atoms with Crippen molar-refractivity contribution in [2.24, 2.45) is 0 Å². The molecule has 0 fully saturated rings. The molecule has 0 saturated carbocycles. The van der Waals surface area contributed by atoms with Gasteiger partial charge in [0.15, 0.2) is 11.9 Å². The first-order valence-electron chi connectivity index (χ1n) is 5.48. The number of para-hydroxylation sites is 1. The third-order valence-corrected chi connectivity index (χ3v) is 3.03. The summed E-state index contributed by atoms with van der Waals surface area (Å²) in [6, 6.07) is 8.16. The fraction of sp³-hybridized carbons (Fsp3) is 0.0769. The Morgan fingerprint density at radius 1 is 1.21 bits per heavy atom. The van der Waals surface area contributed by atoms with E-state index in [1.807, 2.05) is 0 Å². The van der Waals surface area contributed by atoms with Crippen LogP contribution in [0.15, 0.2) is 42.7 Å². The van der Waals surface area contributed by atoms with Crippen molar-refractivity contribution in [1.29, 1.82) is 0 Å². The molecule has 4 nitrogen and oxygen atoms in total. The number of pyridine rings is 1. The molecule has 1 aromatic heterocycles. The number of halogens is 2. The molecule has 0 aliphatic rings. The maximum atomic E-state index is 11.9. The van der Waals surface area contributed by atoms with Gasteiger partial charge in [-0.1, -0.05) is 29.3 Å². The fourth-order valence-corrected chi connectivity index (χ4v) is 2.06. The van der Waals surface area contributed by atoms with Crippen molar-refractivity contribution in [1.82, 2.24) is 0 Å². The molecule has 1 aromatic carbocycles. The highest BCUT2D eigenvalue weighted by Crippen LogP contribution is 2.29. The van der Waals surface area contributed by atoms with Crippen LogP contribution in [0, 0.1) is 0 Å². The molecule has 1 amide bonds. The van der Waals surface area contributed by atoms with Crippen LogP contribution in [-0.4, -0.2) is 11.0 Å². The minimum absolute atomic E-state index is 0.0515. The fourth-order valence-electron chi connectivity index (χ4n) is 1.57. The molecule has 2 N–H and O–H groups in total. The summed E-state index contributed by atoms with van der Waals surface area (Å²) in [4.78, 5) is 11.9. The normalized spacial score (nSPS) is 10.2. The predicted octanol–water partition coefficient (Wildman–Crippen LogP) is 2.63. The summed E-state index contributed by atoms with van der Waals surface area (Å²) in [7, 11) is 0. The average molecular weight is 298 g/mol. The van der Waals surface area contributed by atoms with Crippen LogP contribution in [-0.2, 0) is 11.3 Å². The molecule has 0 radical (unpaired) electrons. The number of nitrogens with one attached hydrogen (secondary N) is 1. The Hall–Kier alpha value is -1.78. The first-order valence-corrected chi connectivity index (χ1v) is 6.24. The summed E-state index contributed by atoms with van der Waals surface area (Å²) in [6.45, 7) is 0.0515. The first-order chi connectivity index (χ1) is 9.06. The van der Waals surface area contributed by atoms with E-state index in [0.717, 1.165) is 0 Å². The maximum absolute atomic E-state index is 11.9. The molecule has 98 valence electrons. The molecule has 1 heterocycles. The largest absolute Gasteiger partial charge is 0.503 e. The second-order valence-corrected chi connectivity index (χ2v) is 4.69. The van der Waals surface area contributed by atoms with Crippen molar-refractivity contribution in [3.05, 3.63) is 52.8 Å². The minimum atomic E-state index is -0.286. The van der Waals surface area contributed by atoms with Crippen LogP contribution < -0.4 is 9.88 Å². The van der Waals surface area contributed by atoms with Gasteiger partial charge in [0, 0.05) is 6.07 Å². The number of benzene rings is 1. The van der Waals surface area contributed by atoms with Crippen molar-refractivity contribution in [2.45, 2.75) is 6.54 Å². The molecular formula is C13H11Cl2N2O2+. The Morgan fingerprint density at radius 2 is 1.89 bits per heavy atom. The Kier molecular flexibility index (Phi) is 4.24. The Bertz CT molecular complexity index is 597. The molecule has 0 bridgehead atoms. The summed E-state index contributed by atoms with van der Waals surface area (Å²) in [6.07, 6.45) is 3.13. The second-order valence-electron chi connectivity index (χ2n) is 3.88. The topological polar surface area (TPSA) is 53.2 Å². The molecule has 0 saturated heterocycles. The van der Waals surface area contributed by atoms with E-state index >= 15 is 0 Å². The molecular weight excluding hydrogens is 287 g/mol. The lowest BCUT2D eigenvalue weighted by molar-refractivity contribution is -0.684. The third kappa shape index (κ3) is 3.59. The monoisotopic (exact) mass is 297 g/mol. The highest BCUT2D eigenvalue weighted by molar-refractivity contribution is 6.39. The van der Waals surface area contributed by atoms with Gasteiger partial charge in [0.1, 0.15) is 0 Å². The average Bonchev–Trinajstić information content (AvgIpc) is 2.34. The summed E-state index contributed by atoms with van der Waals surface area (Å²) in [5.41, 5.74) is 0.386. The third-order valence-electron chi connectivity index (χ3n) is 2.40. The number of aromatic nitrogens is 1. The second kappa shape index (κ2) is 5.91. The van der Waals surface area contributed by atoms with E-state index < -0.39 is 0 Å². The van der Waals surface area contributed by atoms with Gasteiger partial charge < -0.3 is 10.4 Å². The van der Waals surface area contributed by atoms with Crippen LogP contribution in [0.1, 0.15) is 0 Å². The van der Waals surface area contributed by atoms with E-state index in [2.05, 4.69) is 5.32 Å². The summed E-state index contributed by atoms with van der Waals surface area (Å²) in [5.74, 6) is -0.198. The Balaban J connectivity index is 2.10. The first kappa shape index (κ1) is 13.6. The Morgan fingerprint density at radius 3 is 2.53 bits per heavy atom. The molecule has 19 heavy (non-hydrogen) atoms. The number of hydrogen-bond donors (Lipinski definition) is 2. The van der Waals surface area contributed by atoms with Gasteiger partial charge in [-0.25, -0.2) is 0 Å². The number of carbonyl (C=O) groups is 1. The minimum Gasteiger partial charge on any atom is -0.503 e. The number of nitrogens with zero attached hydrogens (tertiary/aromatic N) is 1. The molecule has 2 aromatic rings.